The Bertz CT molecular complexity index is 965. The molecule has 6 heteroatoms. The molecule has 0 bridgehead atoms. The highest BCUT2D eigenvalue weighted by Gasteiger charge is 2.28. The Morgan fingerprint density at radius 3 is 2.50 bits per heavy atom. The van der Waals surface area contributed by atoms with E-state index in [9.17, 15) is 14.3 Å². The van der Waals surface area contributed by atoms with E-state index in [4.69, 9.17) is 9.84 Å². The summed E-state index contributed by atoms with van der Waals surface area (Å²) in [6, 6.07) is 11.7. The summed E-state index contributed by atoms with van der Waals surface area (Å²) in [5.74, 6) is -0.649. The van der Waals surface area contributed by atoms with Crippen molar-refractivity contribution in [3.05, 3.63) is 70.0 Å². The van der Waals surface area contributed by atoms with Gasteiger partial charge in [0.2, 0.25) is 0 Å². The van der Waals surface area contributed by atoms with Crippen LogP contribution < -0.4 is 5.32 Å². The number of hydrogen-bond donors (Lipinski definition) is 3. The number of rotatable bonds is 12. The van der Waals surface area contributed by atoms with Crippen molar-refractivity contribution in [3.8, 4) is 0 Å². The fourth-order valence-electron chi connectivity index (χ4n) is 4.98. The largest absolute Gasteiger partial charge is 0.481 e. The molecule has 1 aliphatic carbocycles. The predicted octanol–water partition coefficient (Wildman–Crippen LogP) is 4.76. The minimum absolute atomic E-state index is 0.0293. The Morgan fingerprint density at radius 1 is 1.24 bits per heavy atom. The molecule has 0 fully saturated rings. The molecule has 0 aliphatic heterocycles. The van der Waals surface area contributed by atoms with Crippen LogP contribution in [0.2, 0.25) is 0 Å². The number of carboxylic acids is 1. The molecule has 2 atom stereocenters. The summed E-state index contributed by atoms with van der Waals surface area (Å²) in [4.78, 5) is 11.0. The Kier molecular flexibility index (Phi) is 8.85. The van der Waals surface area contributed by atoms with Gasteiger partial charge in [0.25, 0.3) is 0 Å². The van der Waals surface area contributed by atoms with Crippen LogP contribution in [0.25, 0.3) is 0 Å². The summed E-state index contributed by atoms with van der Waals surface area (Å²) in [6.07, 6.45) is 2.32. The van der Waals surface area contributed by atoms with Crippen LogP contribution in [-0.2, 0) is 28.8 Å². The van der Waals surface area contributed by atoms with Crippen molar-refractivity contribution >= 4 is 5.97 Å². The molecular weight excluding hydrogens is 433 g/mol. The number of carbonyl (C=O) groups is 1. The van der Waals surface area contributed by atoms with E-state index in [0.717, 1.165) is 24.8 Å². The number of ether oxygens (including phenoxy) is 1. The lowest BCUT2D eigenvalue weighted by Gasteiger charge is -2.31. The van der Waals surface area contributed by atoms with Gasteiger partial charge in [-0.05, 0) is 93.2 Å². The maximum Gasteiger partial charge on any atom is 0.303 e. The third-order valence-corrected chi connectivity index (χ3v) is 6.76. The van der Waals surface area contributed by atoms with Crippen LogP contribution in [0.15, 0.2) is 36.4 Å². The molecular formula is C28H38FNO4. The molecule has 0 saturated heterocycles. The molecule has 0 aromatic heterocycles. The molecule has 186 valence electrons. The summed E-state index contributed by atoms with van der Waals surface area (Å²) >= 11 is 0. The number of fused-ring (bicyclic) bond motifs is 1. The third-order valence-electron chi connectivity index (χ3n) is 6.76. The number of benzene rings is 2. The molecule has 3 N–H and O–H groups in total. The van der Waals surface area contributed by atoms with E-state index in [0.29, 0.717) is 30.0 Å². The highest BCUT2D eigenvalue weighted by molar-refractivity contribution is 5.67. The first-order valence-electron chi connectivity index (χ1n) is 12.2. The van der Waals surface area contributed by atoms with Gasteiger partial charge in [-0.25, -0.2) is 4.39 Å². The molecule has 3 rings (SSSR count). The number of aryl methyl sites for hydroxylation is 2. The molecule has 0 unspecified atom stereocenters. The molecule has 0 saturated carbocycles. The van der Waals surface area contributed by atoms with Gasteiger partial charge in [-0.1, -0.05) is 30.3 Å². The van der Waals surface area contributed by atoms with Crippen LogP contribution in [0.3, 0.4) is 0 Å². The van der Waals surface area contributed by atoms with Gasteiger partial charge >= 0.3 is 5.97 Å². The first-order valence-corrected chi connectivity index (χ1v) is 12.2. The van der Waals surface area contributed by atoms with Crippen molar-refractivity contribution in [1.82, 2.24) is 5.32 Å². The third kappa shape index (κ3) is 7.36. The van der Waals surface area contributed by atoms with Crippen LogP contribution in [0.4, 0.5) is 4.39 Å². The maximum atomic E-state index is 14.2. The quantitative estimate of drug-likeness (QED) is 0.416. The van der Waals surface area contributed by atoms with Gasteiger partial charge < -0.3 is 20.3 Å². The number of aliphatic carboxylic acids is 1. The van der Waals surface area contributed by atoms with Crippen molar-refractivity contribution in [2.45, 2.75) is 77.5 Å². The number of nitrogens with one attached hydrogen (secondary N) is 1. The van der Waals surface area contributed by atoms with Crippen molar-refractivity contribution in [1.29, 1.82) is 0 Å². The number of halogens is 1. The fourth-order valence-corrected chi connectivity index (χ4v) is 4.98. The van der Waals surface area contributed by atoms with Crippen LogP contribution in [0.1, 0.15) is 67.5 Å². The highest BCUT2D eigenvalue weighted by atomic mass is 19.1. The Balaban J connectivity index is 1.48. The normalized spacial score (nSPS) is 15.8. The Labute approximate surface area is 202 Å². The van der Waals surface area contributed by atoms with Gasteiger partial charge in [-0.2, -0.15) is 0 Å². The zero-order valence-corrected chi connectivity index (χ0v) is 20.7. The van der Waals surface area contributed by atoms with E-state index in [1.165, 1.54) is 17.2 Å². The van der Waals surface area contributed by atoms with Crippen molar-refractivity contribution in [2.24, 2.45) is 5.92 Å². The lowest BCUT2D eigenvalue weighted by molar-refractivity contribution is -0.136. The standard InChI is InChI=1S/C28H38FNO4/c1-18-11-23(9-10-27(32)33)25(14-26(18)29)19(2)34-17-24(31)16-30-28(3,4)15-20-12-21-7-5-6-8-22(21)13-20/h5-8,11,14,19-20,24,30-31H,9-10,12-13,15-17H2,1-4H3,(H,32,33)/t19-,24-/m1/s1. The van der Waals surface area contributed by atoms with E-state index in [1.807, 2.05) is 0 Å². The first kappa shape index (κ1) is 26.3. The molecule has 2 aromatic rings. The molecule has 2 aromatic carbocycles. The second-order valence-electron chi connectivity index (χ2n) is 10.3. The van der Waals surface area contributed by atoms with E-state index < -0.39 is 18.2 Å². The van der Waals surface area contributed by atoms with E-state index in [-0.39, 0.29) is 24.4 Å². The van der Waals surface area contributed by atoms with Crippen LogP contribution in [-0.4, -0.2) is 41.0 Å². The highest BCUT2D eigenvalue weighted by Crippen LogP contribution is 2.32. The smallest absolute Gasteiger partial charge is 0.303 e. The first-order chi connectivity index (χ1) is 16.0. The van der Waals surface area contributed by atoms with Gasteiger partial charge in [0.15, 0.2) is 0 Å². The summed E-state index contributed by atoms with van der Waals surface area (Å²) in [5.41, 5.74) is 4.64. The number of carboxylic acid groups (broad SMARTS) is 1. The summed E-state index contributed by atoms with van der Waals surface area (Å²) < 4.78 is 20.1. The van der Waals surface area contributed by atoms with Crippen molar-refractivity contribution < 1.29 is 24.1 Å². The number of β-amino-alcohol motifs (C(OH)–C–C–N with tert-alkyl or cyclic N) is 1. The predicted molar refractivity (Wildman–Crippen MR) is 132 cm³/mol. The summed E-state index contributed by atoms with van der Waals surface area (Å²) in [7, 11) is 0. The topological polar surface area (TPSA) is 78.8 Å². The molecule has 34 heavy (non-hydrogen) atoms. The van der Waals surface area contributed by atoms with Crippen molar-refractivity contribution in [3.63, 3.8) is 0 Å². The van der Waals surface area contributed by atoms with E-state index >= 15 is 0 Å². The molecule has 0 spiro atoms. The van der Waals surface area contributed by atoms with Gasteiger partial charge in [-0.15, -0.1) is 0 Å². The number of hydrogen-bond acceptors (Lipinski definition) is 4. The molecule has 0 amide bonds. The maximum absolute atomic E-state index is 14.2. The van der Waals surface area contributed by atoms with Crippen LogP contribution >= 0.6 is 0 Å². The van der Waals surface area contributed by atoms with Gasteiger partial charge in [0.1, 0.15) is 5.82 Å². The van der Waals surface area contributed by atoms with Gasteiger partial charge in [-0.3, -0.25) is 4.79 Å². The van der Waals surface area contributed by atoms with E-state index in [2.05, 4.69) is 43.4 Å². The Hall–Kier alpha value is -2.28. The molecule has 5 nitrogen and oxygen atoms in total. The number of aliphatic hydroxyl groups excluding tert-OH is 1. The minimum Gasteiger partial charge on any atom is -0.481 e. The monoisotopic (exact) mass is 471 g/mol. The zero-order valence-electron chi connectivity index (χ0n) is 20.7. The second-order valence-corrected chi connectivity index (χ2v) is 10.3. The van der Waals surface area contributed by atoms with Gasteiger partial charge in [0.05, 0.1) is 18.8 Å². The van der Waals surface area contributed by atoms with Crippen LogP contribution in [0, 0.1) is 18.7 Å². The fraction of sp³-hybridized carbons (Fsp3) is 0.536. The Morgan fingerprint density at radius 2 is 1.88 bits per heavy atom. The van der Waals surface area contributed by atoms with Gasteiger partial charge in [0, 0.05) is 18.5 Å². The number of aliphatic hydroxyl groups is 1. The lowest BCUT2D eigenvalue weighted by atomic mass is 9.88. The average molecular weight is 472 g/mol. The summed E-state index contributed by atoms with van der Waals surface area (Å²) in [6.45, 7) is 8.29. The van der Waals surface area contributed by atoms with Crippen molar-refractivity contribution in [2.75, 3.05) is 13.2 Å². The minimum atomic E-state index is -0.896. The second kappa shape index (κ2) is 11.4. The summed E-state index contributed by atoms with van der Waals surface area (Å²) in [5, 5.41) is 23.0. The zero-order chi connectivity index (χ0) is 24.9. The van der Waals surface area contributed by atoms with E-state index in [1.54, 1.807) is 19.9 Å². The lowest BCUT2D eigenvalue weighted by Crippen LogP contribution is -2.45. The molecule has 0 radical (unpaired) electrons. The van der Waals surface area contributed by atoms with Crippen LogP contribution in [0.5, 0.6) is 0 Å². The molecule has 1 aliphatic rings. The average Bonchev–Trinajstić information content (AvgIpc) is 3.18. The molecule has 0 heterocycles. The SMILES string of the molecule is Cc1cc(CCC(=O)O)c([C@@H](C)OC[C@H](O)CNC(C)(C)CC2Cc3ccccc3C2)cc1F.